The van der Waals surface area contributed by atoms with Crippen LogP contribution < -0.4 is 0 Å². The zero-order valence-corrected chi connectivity index (χ0v) is 11.2. The topological polar surface area (TPSA) is 26.7 Å². The molecular formula is C14H26N2O. The van der Waals surface area contributed by atoms with Crippen molar-refractivity contribution in [1.29, 1.82) is 0 Å². The highest BCUT2D eigenvalue weighted by atomic mass is 16.3. The second-order valence-corrected chi connectivity index (χ2v) is 6.51. The van der Waals surface area contributed by atoms with E-state index in [0.717, 1.165) is 12.3 Å². The first-order chi connectivity index (χ1) is 8.16. The zero-order chi connectivity index (χ0) is 12.0. The van der Waals surface area contributed by atoms with Gasteiger partial charge in [-0.1, -0.05) is 0 Å². The van der Waals surface area contributed by atoms with Gasteiger partial charge in [-0.3, -0.25) is 4.90 Å². The number of nitrogens with zero attached hydrogens (tertiary/aromatic N) is 2. The fourth-order valence-electron chi connectivity index (χ4n) is 4.63. The Kier molecular flexibility index (Phi) is 3.18. The summed E-state index contributed by atoms with van der Waals surface area (Å²) in [6.45, 7) is 2.43. The normalized spacial score (nSPS) is 48.5. The summed E-state index contributed by atoms with van der Waals surface area (Å²) in [5.74, 6) is 1.25. The number of rotatable bonds is 1. The van der Waals surface area contributed by atoms with Gasteiger partial charge >= 0.3 is 0 Å². The first-order valence-corrected chi connectivity index (χ1v) is 7.25. The lowest BCUT2D eigenvalue weighted by molar-refractivity contribution is -0.0467. The fraction of sp³-hybridized carbons (Fsp3) is 1.00. The fourth-order valence-corrected chi connectivity index (χ4v) is 4.63. The van der Waals surface area contributed by atoms with E-state index in [-0.39, 0.29) is 6.10 Å². The molecule has 3 nitrogen and oxygen atoms in total. The number of piperidine rings is 2. The number of fused-ring (bicyclic) bond motifs is 2. The molecule has 0 amide bonds. The van der Waals surface area contributed by atoms with E-state index in [2.05, 4.69) is 23.9 Å². The molecule has 1 N–H and O–H groups in total. The van der Waals surface area contributed by atoms with Gasteiger partial charge in [0.1, 0.15) is 0 Å². The highest BCUT2D eigenvalue weighted by Gasteiger charge is 2.48. The summed E-state index contributed by atoms with van der Waals surface area (Å²) in [5.41, 5.74) is 0. The Hall–Kier alpha value is -0.120. The molecule has 3 heterocycles. The molecule has 0 radical (unpaired) electrons. The minimum absolute atomic E-state index is 0.0415. The molecule has 0 aromatic rings. The number of hydrogen-bond acceptors (Lipinski definition) is 3. The van der Waals surface area contributed by atoms with Gasteiger partial charge in [-0.25, -0.2) is 0 Å². The molecule has 3 rings (SSSR count). The van der Waals surface area contributed by atoms with E-state index in [9.17, 15) is 5.11 Å². The van der Waals surface area contributed by atoms with Crippen LogP contribution in [-0.4, -0.2) is 60.3 Å². The van der Waals surface area contributed by atoms with Gasteiger partial charge in [0.15, 0.2) is 0 Å². The molecule has 0 saturated carbocycles. The average molecular weight is 238 g/mol. The molecule has 5 unspecified atom stereocenters. The Morgan fingerprint density at radius 3 is 2.71 bits per heavy atom. The van der Waals surface area contributed by atoms with Gasteiger partial charge in [0.2, 0.25) is 0 Å². The molecule has 0 aromatic carbocycles. The van der Waals surface area contributed by atoms with Crippen LogP contribution in [0.5, 0.6) is 0 Å². The van der Waals surface area contributed by atoms with Gasteiger partial charge in [-0.2, -0.15) is 0 Å². The van der Waals surface area contributed by atoms with Crippen molar-refractivity contribution in [3.63, 3.8) is 0 Å². The number of aliphatic hydroxyl groups excluding tert-OH is 1. The molecule has 98 valence electrons. The quantitative estimate of drug-likeness (QED) is 0.743. The number of likely N-dealkylation sites (tertiary alicyclic amines) is 1. The summed E-state index contributed by atoms with van der Waals surface area (Å²) >= 11 is 0. The van der Waals surface area contributed by atoms with Crippen LogP contribution in [0.4, 0.5) is 0 Å². The Morgan fingerprint density at radius 1 is 1.12 bits per heavy atom. The first-order valence-electron chi connectivity index (χ1n) is 7.25. The Balaban J connectivity index is 1.76. The van der Waals surface area contributed by atoms with Crippen LogP contribution in [-0.2, 0) is 0 Å². The Bertz CT molecular complexity index is 283. The summed E-state index contributed by atoms with van der Waals surface area (Å²) < 4.78 is 0. The average Bonchev–Trinajstić information content (AvgIpc) is 2.55. The molecule has 17 heavy (non-hydrogen) atoms. The molecule has 0 aromatic heterocycles. The summed E-state index contributed by atoms with van der Waals surface area (Å²) in [6, 6.07) is 1.31. The maximum absolute atomic E-state index is 10.5. The van der Waals surface area contributed by atoms with E-state index in [1.807, 2.05) is 0 Å². The van der Waals surface area contributed by atoms with E-state index in [4.69, 9.17) is 0 Å². The van der Waals surface area contributed by atoms with Crippen molar-refractivity contribution in [2.75, 3.05) is 27.2 Å². The molecule has 0 aliphatic carbocycles. The van der Waals surface area contributed by atoms with Crippen LogP contribution >= 0.6 is 0 Å². The summed E-state index contributed by atoms with van der Waals surface area (Å²) in [4.78, 5) is 5.01. The van der Waals surface area contributed by atoms with E-state index in [1.54, 1.807) is 0 Å². The predicted molar refractivity (Wildman–Crippen MR) is 68.9 cm³/mol. The predicted octanol–water partition coefficient (Wildman–Crippen LogP) is 1.17. The lowest BCUT2D eigenvalue weighted by atomic mass is 9.75. The summed E-state index contributed by atoms with van der Waals surface area (Å²) in [5, 5.41) is 10.5. The van der Waals surface area contributed by atoms with Crippen molar-refractivity contribution in [2.24, 2.45) is 11.8 Å². The molecule has 0 spiro atoms. The van der Waals surface area contributed by atoms with Crippen LogP contribution in [0, 0.1) is 11.8 Å². The van der Waals surface area contributed by atoms with Crippen LogP contribution in [0.1, 0.15) is 32.1 Å². The van der Waals surface area contributed by atoms with Gasteiger partial charge < -0.3 is 10.0 Å². The zero-order valence-electron chi connectivity index (χ0n) is 11.2. The second-order valence-electron chi connectivity index (χ2n) is 6.51. The molecule has 3 aliphatic heterocycles. The molecule has 3 aliphatic rings. The number of aliphatic hydroxyl groups is 1. The lowest BCUT2D eigenvalue weighted by Gasteiger charge is -2.46. The number of hydrogen-bond donors (Lipinski definition) is 1. The van der Waals surface area contributed by atoms with Gasteiger partial charge in [0, 0.05) is 24.5 Å². The van der Waals surface area contributed by atoms with Crippen molar-refractivity contribution >= 4 is 0 Å². The minimum Gasteiger partial charge on any atom is -0.393 e. The van der Waals surface area contributed by atoms with Crippen LogP contribution in [0.25, 0.3) is 0 Å². The standard InChI is InChI=1S/C14H26N2O/c1-15-7-3-4-10(9-15)14-12-6-5-11(16(12)2)8-13(14)17/h10-14,17H,3-9H2,1-2H3. The largest absolute Gasteiger partial charge is 0.393 e. The van der Waals surface area contributed by atoms with Gasteiger partial charge in [-0.15, -0.1) is 0 Å². The van der Waals surface area contributed by atoms with Crippen molar-refractivity contribution < 1.29 is 5.11 Å². The molecular weight excluding hydrogens is 212 g/mol. The second kappa shape index (κ2) is 4.52. The third-order valence-corrected chi connectivity index (χ3v) is 5.50. The van der Waals surface area contributed by atoms with Crippen molar-refractivity contribution in [3.8, 4) is 0 Å². The monoisotopic (exact) mass is 238 g/mol. The molecule has 2 bridgehead atoms. The Labute approximate surface area is 105 Å². The first kappa shape index (κ1) is 11.9. The highest BCUT2D eigenvalue weighted by Crippen LogP contribution is 2.43. The van der Waals surface area contributed by atoms with E-state index in [0.29, 0.717) is 18.0 Å². The smallest absolute Gasteiger partial charge is 0.0601 e. The summed E-state index contributed by atoms with van der Waals surface area (Å²) in [6.07, 6.45) is 6.21. The third-order valence-electron chi connectivity index (χ3n) is 5.50. The van der Waals surface area contributed by atoms with E-state index in [1.165, 1.54) is 38.8 Å². The lowest BCUT2D eigenvalue weighted by Crippen LogP contribution is -2.54. The van der Waals surface area contributed by atoms with Crippen molar-refractivity contribution in [2.45, 2.75) is 50.3 Å². The highest BCUT2D eigenvalue weighted by molar-refractivity contribution is 5.01. The van der Waals surface area contributed by atoms with Gasteiger partial charge in [0.25, 0.3) is 0 Å². The maximum Gasteiger partial charge on any atom is 0.0601 e. The van der Waals surface area contributed by atoms with Crippen LogP contribution in [0.2, 0.25) is 0 Å². The van der Waals surface area contributed by atoms with E-state index < -0.39 is 0 Å². The minimum atomic E-state index is -0.0415. The van der Waals surface area contributed by atoms with Crippen LogP contribution in [0.15, 0.2) is 0 Å². The summed E-state index contributed by atoms with van der Waals surface area (Å²) in [7, 11) is 4.50. The Morgan fingerprint density at radius 2 is 1.94 bits per heavy atom. The van der Waals surface area contributed by atoms with Gasteiger partial charge in [-0.05, 0) is 58.7 Å². The molecule has 3 saturated heterocycles. The van der Waals surface area contributed by atoms with Crippen molar-refractivity contribution in [1.82, 2.24) is 9.80 Å². The maximum atomic E-state index is 10.5. The third kappa shape index (κ3) is 2.02. The van der Waals surface area contributed by atoms with Gasteiger partial charge in [0.05, 0.1) is 6.10 Å². The molecule has 3 heteroatoms. The molecule has 3 fully saturated rings. The molecule has 5 atom stereocenters. The van der Waals surface area contributed by atoms with E-state index >= 15 is 0 Å². The van der Waals surface area contributed by atoms with Crippen LogP contribution in [0.3, 0.4) is 0 Å². The SMILES string of the molecule is CN1CCCC(C2C(O)CC3CCC2N3C)C1. The van der Waals surface area contributed by atoms with Crippen molar-refractivity contribution in [3.05, 3.63) is 0 Å².